The second kappa shape index (κ2) is 3.65. The molecule has 0 bridgehead atoms. The van der Waals surface area contributed by atoms with Gasteiger partial charge in [0.25, 0.3) is 0 Å². The molecule has 1 aromatic rings. The fourth-order valence-corrected chi connectivity index (χ4v) is 1.83. The van der Waals surface area contributed by atoms with Crippen LogP contribution in [0.25, 0.3) is 0 Å². The third-order valence-electron chi connectivity index (χ3n) is 2.63. The zero-order valence-corrected chi connectivity index (χ0v) is 7.89. The van der Waals surface area contributed by atoms with Crippen LogP contribution in [0.5, 0.6) is 0 Å². The zero-order chi connectivity index (χ0) is 10.0. The average Bonchev–Trinajstić information content (AvgIpc) is 2.57. The van der Waals surface area contributed by atoms with Crippen molar-refractivity contribution in [3.63, 3.8) is 0 Å². The van der Waals surface area contributed by atoms with Crippen LogP contribution in [0.3, 0.4) is 0 Å². The Morgan fingerprint density at radius 2 is 2.00 bits per heavy atom. The van der Waals surface area contributed by atoms with Crippen molar-refractivity contribution >= 4 is 0 Å². The van der Waals surface area contributed by atoms with E-state index in [0.717, 1.165) is 12.1 Å². The van der Waals surface area contributed by atoms with Crippen molar-refractivity contribution in [3.8, 4) is 0 Å². The standard InChI is InChI=1S/C11H13F2N/c12-10-3-1-9(2-4-10)7-11(13)5-6-14-8-11/h1-4,14H,5-8H2. The Kier molecular flexibility index (Phi) is 2.50. The summed E-state index contributed by atoms with van der Waals surface area (Å²) in [5, 5.41) is 3.00. The van der Waals surface area contributed by atoms with Crippen LogP contribution in [-0.4, -0.2) is 18.8 Å². The van der Waals surface area contributed by atoms with Gasteiger partial charge in [0.15, 0.2) is 0 Å². The second-order valence-electron chi connectivity index (χ2n) is 3.88. The van der Waals surface area contributed by atoms with E-state index in [9.17, 15) is 8.78 Å². The Hall–Kier alpha value is -0.960. The lowest BCUT2D eigenvalue weighted by atomic mass is 9.96. The molecule has 1 fully saturated rings. The molecular weight excluding hydrogens is 184 g/mol. The van der Waals surface area contributed by atoms with E-state index in [0.29, 0.717) is 19.4 Å². The fourth-order valence-electron chi connectivity index (χ4n) is 1.83. The minimum Gasteiger partial charge on any atom is -0.313 e. The van der Waals surface area contributed by atoms with Crippen LogP contribution in [0.4, 0.5) is 8.78 Å². The van der Waals surface area contributed by atoms with Gasteiger partial charge in [0.2, 0.25) is 0 Å². The van der Waals surface area contributed by atoms with Crippen LogP contribution in [-0.2, 0) is 6.42 Å². The lowest BCUT2D eigenvalue weighted by Crippen LogP contribution is -2.28. The molecule has 0 amide bonds. The van der Waals surface area contributed by atoms with E-state index in [-0.39, 0.29) is 5.82 Å². The molecule has 0 aliphatic carbocycles. The topological polar surface area (TPSA) is 12.0 Å². The van der Waals surface area contributed by atoms with Crippen molar-refractivity contribution < 1.29 is 8.78 Å². The summed E-state index contributed by atoms with van der Waals surface area (Å²) in [7, 11) is 0. The summed E-state index contributed by atoms with van der Waals surface area (Å²) < 4.78 is 26.5. The van der Waals surface area contributed by atoms with Crippen LogP contribution < -0.4 is 5.32 Å². The fraction of sp³-hybridized carbons (Fsp3) is 0.455. The molecule has 1 heterocycles. The first-order chi connectivity index (χ1) is 6.68. The van der Waals surface area contributed by atoms with Crippen LogP contribution in [0.15, 0.2) is 24.3 Å². The summed E-state index contributed by atoms with van der Waals surface area (Å²) in [4.78, 5) is 0. The number of hydrogen-bond acceptors (Lipinski definition) is 1. The summed E-state index contributed by atoms with van der Waals surface area (Å²) in [5.74, 6) is -0.272. The minimum absolute atomic E-state index is 0.272. The molecular formula is C11H13F2N. The first-order valence-electron chi connectivity index (χ1n) is 4.82. The number of benzene rings is 1. The van der Waals surface area contributed by atoms with Crippen LogP contribution in [0.1, 0.15) is 12.0 Å². The van der Waals surface area contributed by atoms with Crippen LogP contribution >= 0.6 is 0 Å². The largest absolute Gasteiger partial charge is 0.313 e. The Morgan fingerprint density at radius 3 is 2.57 bits per heavy atom. The Labute approximate surface area is 82.1 Å². The Balaban J connectivity index is 2.06. The SMILES string of the molecule is Fc1ccc(CC2(F)CCNC2)cc1. The maximum Gasteiger partial charge on any atom is 0.128 e. The van der Waals surface area contributed by atoms with Gasteiger partial charge in [-0.3, -0.25) is 0 Å². The highest BCUT2D eigenvalue weighted by Crippen LogP contribution is 2.24. The first kappa shape index (κ1) is 9.59. The molecule has 0 spiro atoms. The smallest absolute Gasteiger partial charge is 0.128 e. The van der Waals surface area contributed by atoms with Gasteiger partial charge in [0.05, 0.1) is 0 Å². The van der Waals surface area contributed by atoms with Gasteiger partial charge in [-0.1, -0.05) is 12.1 Å². The van der Waals surface area contributed by atoms with E-state index in [4.69, 9.17) is 0 Å². The number of halogens is 2. The molecule has 1 aliphatic rings. The molecule has 0 saturated carbocycles. The average molecular weight is 197 g/mol. The summed E-state index contributed by atoms with van der Waals surface area (Å²) in [6, 6.07) is 6.05. The molecule has 1 aromatic carbocycles. The molecule has 3 heteroatoms. The monoisotopic (exact) mass is 197 g/mol. The van der Waals surface area contributed by atoms with E-state index >= 15 is 0 Å². The van der Waals surface area contributed by atoms with Gasteiger partial charge in [-0.05, 0) is 30.7 Å². The number of rotatable bonds is 2. The summed E-state index contributed by atoms with van der Waals surface area (Å²) in [6.07, 6.45) is 0.921. The van der Waals surface area contributed by atoms with Crippen LogP contribution in [0, 0.1) is 5.82 Å². The van der Waals surface area contributed by atoms with Crippen molar-refractivity contribution in [1.29, 1.82) is 0 Å². The zero-order valence-electron chi connectivity index (χ0n) is 7.89. The highest BCUT2D eigenvalue weighted by Gasteiger charge is 2.33. The number of hydrogen-bond donors (Lipinski definition) is 1. The van der Waals surface area contributed by atoms with Crippen molar-refractivity contribution in [3.05, 3.63) is 35.6 Å². The first-order valence-corrected chi connectivity index (χ1v) is 4.82. The molecule has 1 unspecified atom stereocenters. The maximum absolute atomic E-state index is 13.9. The lowest BCUT2D eigenvalue weighted by molar-refractivity contribution is 0.190. The van der Waals surface area contributed by atoms with Gasteiger partial charge in [0.1, 0.15) is 11.5 Å². The number of nitrogens with one attached hydrogen (secondary N) is 1. The third kappa shape index (κ3) is 2.10. The molecule has 1 N–H and O–H groups in total. The van der Waals surface area contributed by atoms with Gasteiger partial charge >= 0.3 is 0 Å². The van der Waals surface area contributed by atoms with Crippen LogP contribution in [0.2, 0.25) is 0 Å². The van der Waals surface area contributed by atoms with Crippen molar-refractivity contribution in [2.24, 2.45) is 0 Å². The predicted molar refractivity (Wildman–Crippen MR) is 51.4 cm³/mol. The maximum atomic E-state index is 13.9. The van der Waals surface area contributed by atoms with Crippen molar-refractivity contribution in [1.82, 2.24) is 5.32 Å². The molecule has 0 aromatic heterocycles. The van der Waals surface area contributed by atoms with Gasteiger partial charge in [-0.15, -0.1) is 0 Å². The molecule has 76 valence electrons. The molecule has 14 heavy (non-hydrogen) atoms. The van der Waals surface area contributed by atoms with Gasteiger partial charge in [-0.2, -0.15) is 0 Å². The van der Waals surface area contributed by atoms with E-state index < -0.39 is 5.67 Å². The molecule has 1 saturated heterocycles. The number of alkyl halides is 1. The Bertz CT molecular complexity index is 302. The molecule has 1 aliphatic heterocycles. The van der Waals surface area contributed by atoms with Crippen molar-refractivity contribution in [2.75, 3.05) is 13.1 Å². The molecule has 1 atom stereocenters. The van der Waals surface area contributed by atoms with Gasteiger partial charge in [0, 0.05) is 13.0 Å². The molecule has 2 rings (SSSR count). The minimum atomic E-state index is -1.14. The lowest BCUT2D eigenvalue weighted by Gasteiger charge is -2.17. The molecule has 0 radical (unpaired) electrons. The normalized spacial score (nSPS) is 26.7. The van der Waals surface area contributed by atoms with E-state index in [1.165, 1.54) is 12.1 Å². The summed E-state index contributed by atoms with van der Waals surface area (Å²) in [5.41, 5.74) is -0.282. The van der Waals surface area contributed by atoms with Gasteiger partial charge in [-0.25, -0.2) is 8.78 Å². The highest BCUT2D eigenvalue weighted by molar-refractivity contribution is 5.19. The Morgan fingerprint density at radius 1 is 1.29 bits per heavy atom. The second-order valence-corrected chi connectivity index (χ2v) is 3.88. The quantitative estimate of drug-likeness (QED) is 0.765. The summed E-state index contributed by atoms with van der Waals surface area (Å²) >= 11 is 0. The van der Waals surface area contributed by atoms with E-state index in [2.05, 4.69) is 5.32 Å². The highest BCUT2D eigenvalue weighted by atomic mass is 19.1. The van der Waals surface area contributed by atoms with E-state index in [1.54, 1.807) is 12.1 Å². The third-order valence-corrected chi connectivity index (χ3v) is 2.63. The van der Waals surface area contributed by atoms with Gasteiger partial charge < -0.3 is 5.32 Å². The molecule has 1 nitrogen and oxygen atoms in total. The summed E-state index contributed by atoms with van der Waals surface area (Å²) in [6.45, 7) is 1.14. The van der Waals surface area contributed by atoms with E-state index in [1.807, 2.05) is 0 Å². The van der Waals surface area contributed by atoms with Crippen molar-refractivity contribution in [2.45, 2.75) is 18.5 Å². The predicted octanol–water partition coefficient (Wildman–Crippen LogP) is 2.07.